The number of carbonyl (C=O) groups is 1. The van der Waals surface area contributed by atoms with Gasteiger partial charge in [0.15, 0.2) is 0 Å². The lowest BCUT2D eigenvalue weighted by Crippen LogP contribution is -2.38. The van der Waals surface area contributed by atoms with Crippen LogP contribution in [0.4, 0.5) is 0 Å². The first-order chi connectivity index (χ1) is 8.67. The summed E-state index contributed by atoms with van der Waals surface area (Å²) in [6.07, 6.45) is 6.54. The molecule has 0 aromatic heterocycles. The lowest BCUT2D eigenvalue weighted by molar-refractivity contribution is -0.143. The molecule has 0 aliphatic carbocycles. The van der Waals surface area contributed by atoms with Gasteiger partial charge in [0.25, 0.3) is 0 Å². The van der Waals surface area contributed by atoms with Crippen LogP contribution in [0.15, 0.2) is 37.1 Å². The van der Waals surface area contributed by atoms with Crippen LogP contribution >= 0.6 is 0 Å². The summed E-state index contributed by atoms with van der Waals surface area (Å²) in [5.41, 5.74) is 0. The predicted molar refractivity (Wildman–Crippen MR) is 71.2 cm³/mol. The van der Waals surface area contributed by atoms with Gasteiger partial charge in [-0.05, 0) is 38.1 Å². The van der Waals surface area contributed by atoms with Crippen LogP contribution in [0.2, 0.25) is 0 Å². The van der Waals surface area contributed by atoms with Crippen molar-refractivity contribution in [3.05, 3.63) is 37.1 Å². The third-order valence-corrected chi connectivity index (χ3v) is 3.10. The molecule has 0 radical (unpaired) electrons. The third-order valence-electron chi connectivity index (χ3n) is 3.10. The Kier molecular flexibility index (Phi) is 6.22. The van der Waals surface area contributed by atoms with E-state index in [1.165, 1.54) is 0 Å². The molecule has 4 heteroatoms. The molecule has 1 aliphatic rings. The maximum atomic E-state index is 10.8. The number of allylic oxidation sites excluding steroid dienone is 3. The number of carboxylic acids is 1. The summed E-state index contributed by atoms with van der Waals surface area (Å²) in [5, 5.41) is 8.89. The molecule has 1 heterocycles. The minimum atomic E-state index is -0.672. The zero-order valence-electron chi connectivity index (χ0n) is 10.7. The van der Waals surface area contributed by atoms with Crippen molar-refractivity contribution in [2.45, 2.75) is 12.8 Å². The van der Waals surface area contributed by atoms with Gasteiger partial charge in [-0.2, -0.15) is 0 Å². The Morgan fingerprint density at radius 2 is 2.06 bits per heavy atom. The van der Waals surface area contributed by atoms with Crippen molar-refractivity contribution in [3.63, 3.8) is 0 Å². The van der Waals surface area contributed by atoms with Crippen molar-refractivity contribution in [1.29, 1.82) is 0 Å². The SMILES string of the molecule is C=C/C=C(\C=C)OCCN1CCC(C(=O)O)CC1. The molecule has 0 atom stereocenters. The maximum absolute atomic E-state index is 10.8. The maximum Gasteiger partial charge on any atom is 0.306 e. The Morgan fingerprint density at radius 3 is 2.56 bits per heavy atom. The van der Waals surface area contributed by atoms with Crippen LogP contribution in [-0.4, -0.2) is 42.2 Å². The number of piperidine rings is 1. The van der Waals surface area contributed by atoms with E-state index >= 15 is 0 Å². The predicted octanol–water partition coefficient (Wildman–Crippen LogP) is 2.06. The first-order valence-electron chi connectivity index (χ1n) is 6.20. The second-order valence-electron chi connectivity index (χ2n) is 4.31. The molecule has 18 heavy (non-hydrogen) atoms. The van der Waals surface area contributed by atoms with Crippen LogP contribution in [-0.2, 0) is 9.53 Å². The van der Waals surface area contributed by atoms with E-state index in [0.717, 1.165) is 32.5 Å². The van der Waals surface area contributed by atoms with Crippen LogP contribution in [0.25, 0.3) is 0 Å². The molecule has 0 unspecified atom stereocenters. The van der Waals surface area contributed by atoms with Crippen LogP contribution in [0.1, 0.15) is 12.8 Å². The number of aliphatic carboxylic acids is 1. The van der Waals surface area contributed by atoms with Gasteiger partial charge in [0, 0.05) is 6.54 Å². The van der Waals surface area contributed by atoms with E-state index in [2.05, 4.69) is 18.1 Å². The largest absolute Gasteiger partial charge is 0.492 e. The van der Waals surface area contributed by atoms with Gasteiger partial charge in [-0.25, -0.2) is 0 Å². The van der Waals surface area contributed by atoms with E-state index in [1.54, 1.807) is 18.2 Å². The molecule has 1 rings (SSSR count). The minimum absolute atomic E-state index is 0.174. The summed E-state index contributed by atoms with van der Waals surface area (Å²) in [4.78, 5) is 13.0. The van der Waals surface area contributed by atoms with Gasteiger partial charge < -0.3 is 9.84 Å². The molecule has 0 aromatic carbocycles. The first-order valence-corrected chi connectivity index (χ1v) is 6.20. The Bertz CT molecular complexity index is 328. The second-order valence-corrected chi connectivity index (χ2v) is 4.31. The molecular weight excluding hydrogens is 230 g/mol. The quantitative estimate of drug-likeness (QED) is 0.556. The average Bonchev–Trinajstić information content (AvgIpc) is 2.38. The Hall–Kier alpha value is -1.55. The van der Waals surface area contributed by atoms with Crippen molar-refractivity contribution in [2.24, 2.45) is 5.92 Å². The zero-order valence-corrected chi connectivity index (χ0v) is 10.7. The molecule has 1 saturated heterocycles. The summed E-state index contributed by atoms with van der Waals surface area (Å²) in [7, 11) is 0. The highest BCUT2D eigenvalue weighted by atomic mass is 16.5. The van der Waals surface area contributed by atoms with Gasteiger partial charge in [-0.1, -0.05) is 19.2 Å². The molecule has 0 bridgehead atoms. The van der Waals surface area contributed by atoms with Crippen molar-refractivity contribution in [2.75, 3.05) is 26.2 Å². The highest BCUT2D eigenvalue weighted by molar-refractivity contribution is 5.70. The molecule has 4 nitrogen and oxygen atoms in total. The van der Waals surface area contributed by atoms with Gasteiger partial charge >= 0.3 is 5.97 Å². The Morgan fingerprint density at radius 1 is 1.39 bits per heavy atom. The van der Waals surface area contributed by atoms with Crippen molar-refractivity contribution < 1.29 is 14.6 Å². The molecule has 1 fully saturated rings. The molecule has 1 aliphatic heterocycles. The van der Waals surface area contributed by atoms with Gasteiger partial charge in [0.2, 0.25) is 0 Å². The van der Waals surface area contributed by atoms with Gasteiger partial charge in [-0.15, -0.1) is 0 Å². The smallest absolute Gasteiger partial charge is 0.306 e. The topological polar surface area (TPSA) is 49.8 Å². The third kappa shape index (κ3) is 4.75. The lowest BCUT2D eigenvalue weighted by Gasteiger charge is -2.29. The van der Waals surface area contributed by atoms with E-state index < -0.39 is 5.97 Å². The summed E-state index contributed by atoms with van der Waals surface area (Å²) >= 11 is 0. The standard InChI is InChI=1S/C14H21NO3/c1-3-5-13(4-2)18-11-10-15-8-6-12(7-9-15)14(16)17/h3-5,12H,1-2,6-11H2,(H,16,17)/b13-5+. The molecular formula is C14H21NO3. The first kappa shape index (κ1) is 14.5. The minimum Gasteiger partial charge on any atom is -0.492 e. The van der Waals surface area contributed by atoms with E-state index in [0.29, 0.717) is 12.4 Å². The number of carboxylic acid groups (broad SMARTS) is 1. The molecule has 0 spiro atoms. The molecule has 1 N–H and O–H groups in total. The van der Waals surface area contributed by atoms with Gasteiger partial charge in [-0.3, -0.25) is 9.69 Å². The fourth-order valence-corrected chi connectivity index (χ4v) is 1.99. The van der Waals surface area contributed by atoms with Crippen LogP contribution in [0.3, 0.4) is 0 Å². The van der Waals surface area contributed by atoms with Crippen LogP contribution in [0, 0.1) is 5.92 Å². The van der Waals surface area contributed by atoms with Crippen molar-refractivity contribution >= 4 is 5.97 Å². The van der Waals surface area contributed by atoms with E-state index in [-0.39, 0.29) is 5.92 Å². The highest BCUT2D eigenvalue weighted by Gasteiger charge is 2.23. The molecule has 100 valence electrons. The van der Waals surface area contributed by atoms with Crippen molar-refractivity contribution in [3.8, 4) is 0 Å². The number of likely N-dealkylation sites (tertiary alicyclic amines) is 1. The van der Waals surface area contributed by atoms with E-state index in [1.807, 2.05) is 0 Å². The Labute approximate surface area is 108 Å². The summed E-state index contributed by atoms with van der Waals surface area (Å²) in [6, 6.07) is 0. The normalized spacial score (nSPS) is 18.3. The average molecular weight is 251 g/mol. The number of nitrogens with zero attached hydrogens (tertiary/aromatic N) is 1. The monoisotopic (exact) mass is 251 g/mol. The molecule has 0 aromatic rings. The summed E-state index contributed by atoms with van der Waals surface area (Å²) in [6.45, 7) is 10.3. The van der Waals surface area contributed by atoms with Crippen LogP contribution < -0.4 is 0 Å². The Balaban J connectivity index is 2.22. The molecule has 0 saturated carbocycles. The lowest BCUT2D eigenvalue weighted by atomic mass is 9.97. The van der Waals surface area contributed by atoms with E-state index in [9.17, 15) is 4.79 Å². The van der Waals surface area contributed by atoms with Gasteiger partial charge in [0.05, 0.1) is 5.92 Å². The highest BCUT2D eigenvalue weighted by Crippen LogP contribution is 2.16. The van der Waals surface area contributed by atoms with Gasteiger partial charge in [0.1, 0.15) is 12.4 Å². The fourth-order valence-electron chi connectivity index (χ4n) is 1.99. The summed E-state index contributed by atoms with van der Waals surface area (Å²) in [5.74, 6) is -0.134. The summed E-state index contributed by atoms with van der Waals surface area (Å²) < 4.78 is 5.52. The van der Waals surface area contributed by atoms with E-state index in [4.69, 9.17) is 9.84 Å². The molecule has 0 amide bonds. The second kappa shape index (κ2) is 7.71. The van der Waals surface area contributed by atoms with Crippen molar-refractivity contribution in [1.82, 2.24) is 4.90 Å². The fraction of sp³-hybridized carbons (Fsp3) is 0.500. The number of hydrogen-bond acceptors (Lipinski definition) is 3. The van der Waals surface area contributed by atoms with Crippen LogP contribution in [0.5, 0.6) is 0 Å². The number of rotatable bonds is 7. The number of hydrogen-bond donors (Lipinski definition) is 1. The number of ether oxygens (including phenoxy) is 1. The zero-order chi connectivity index (χ0) is 13.4.